The van der Waals surface area contributed by atoms with E-state index < -0.39 is 11.9 Å². The van der Waals surface area contributed by atoms with Crippen molar-refractivity contribution in [2.75, 3.05) is 7.11 Å². The van der Waals surface area contributed by atoms with Gasteiger partial charge in [0.25, 0.3) is 0 Å². The molecule has 1 atom stereocenters. The summed E-state index contributed by atoms with van der Waals surface area (Å²) in [7, 11) is 1.26. The number of nitrogens with two attached hydrogens (primary N) is 1. The summed E-state index contributed by atoms with van der Waals surface area (Å²) in [6, 6.07) is 13.0. The van der Waals surface area contributed by atoms with E-state index in [1.54, 1.807) is 18.2 Å². The average molecular weight is 519 g/mol. The number of Topliss-reactive ketones (excluding diaryl/α,β-unsaturated/α-hetero) is 1. The second-order valence-electron chi connectivity index (χ2n) is 7.52. The Morgan fingerprint density at radius 1 is 1.22 bits per heavy atom. The van der Waals surface area contributed by atoms with E-state index in [0.29, 0.717) is 53.5 Å². The minimum atomic E-state index is -0.711. The summed E-state index contributed by atoms with van der Waals surface area (Å²) in [6.45, 7) is 0.345. The molecule has 4 rings (SSSR count). The zero-order chi connectivity index (χ0) is 22.8. The van der Waals surface area contributed by atoms with Gasteiger partial charge in [0.15, 0.2) is 5.78 Å². The third kappa shape index (κ3) is 4.40. The quantitative estimate of drug-likeness (QED) is 0.551. The van der Waals surface area contributed by atoms with Gasteiger partial charge in [0.05, 0.1) is 18.1 Å². The normalized spacial score (nSPS) is 18.2. The molecule has 166 valence electrons. The van der Waals surface area contributed by atoms with Crippen molar-refractivity contribution < 1.29 is 23.8 Å². The molecule has 0 fully saturated rings. The van der Waals surface area contributed by atoms with Crippen LogP contribution in [0.5, 0.6) is 5.75 Å². The Bertz CT molecular complexity index is 1140. The van der Waals surface area contributed by atoms with Crippen LogP contribution in [0.25, 0.3) is 0 Å². The van der Waals surface area contributed by atoms with E-state index in [1.807, 2.05) is 24.3 Å². The average Bonchev–Trinajstić information content (AvgIpc) is 2.78. The molecule has 32 heavy (non-hydrogen) atoms. The highest BCUT2D eigenvalue weighted by atomic mass is 79.9. The van der Waals surface area contributed by atoms with E-state index in [1.165, 1.54) is 7.11 Å². The van der Waals surface area contributed by atoms with Crippen LogP contribution in [0.4, 0.5) is 0 Å². The first-order chi connectivity index (χ1) is 15.4. The molecular formula is C24H21BrClNO5. The van der Waals surface area contributed by atoms with Crippen LogP contribution in [0.3, 0.4) is 0 Å². The number of hydrogen-bond donors (Lipinski definition) is 1. The van der Waals surface area contributed by atoms with Crippen molar-refractivity contribution in [3.63, 3.8) is 0 Å². The van der Waals surface area contributed by atoms with E-state index in [9.17, 15) is 9.59 Å². The summed E-state index contributed by atoms with van der Waals surface area (Å²) in [5.41, 5.74) is 8.24. The minimum Gasteiger partial charge on any atom is -0.487 e. The Morgan fingerprint density at radius 3 is 2.66 bits per heavy atom. The number of ether oxygens (including phenoxy) is 3. The number of ketones is 1. The van der Waals surface area contributed by atoms with E-state index >= 15 is 0 Å². The van der Waals surface area contributed by atoms with Crippen molar-refractivity contribution in [1.29, 1.82) is 0 Å². The third-order valence-corrected chi connectivity index (χ3v) is 6.31. The Kier molecular flexibility index (Phi) is 6.58. The molecule has 0 saturated carbocycles. The van der Waals surface area contributed by atoms with Crippen molar-refractivity contribution in [2.24, 2.45) is 5.73 Å². The van der Waals surface area contributed by atoms with Gasteiger partial charge in [-0.3, -0.25) is 4.79 Å². The maximum Gasteiger partial charge on any atom is 0.340 e. The van der Waals surface area contributed by atoms with Crippen LogP contribution < -0.4 is 10.5 Å². The fourth-order valence-corrected chi connectivity index (χ4v) is 4.46. The topological polar surface area (TPSA) is 87.9 Å². The van der Waals surface area contributed by atoms with Crippen LogP contribution in [0.1, 0.15) is 36.3 Å². The van der Waals surface area contributed by atoms with Gasteiger partial charge < -0.3 is 19.9 Å². The highest BCUT2D eigenvalue weighted by Crippen LogP contribution is 2.45. The number of esters is 1. The summed E-state index contributed by atoms with van der Waals surface area (Å²) in [5, 5.41) is 0.360. The van der Waals surface area contributed by atoms with Crippen molar-refractivity contribution in [1.82, 2.24) is 0 Å². The summed E-state index contributed by atoms with van der Waals surface area (Å²) >= 11 is 9.93. The zero-order valence-electron chi connectivity index (χ0n) is 17.3. The predicted molar refractivity (Wildman–Crippen MR) is 123 cm³/mol. The van der Waals surface area contributed by atoms with Crippen LogP contribution in [0.15, 0.2) is 69.7 Å². The van der Waals surface area contributed by atoms with Crippen LogP contribution in [0, 0.1) is 0 Å². The Hall–Kier alpha value is -2.77. The van der Waals surface area contributed by atoms with Crippen molar-refractivity contribution in [3.05, 3.63) is 85.9 Å². The monoisotopic (exact) mass is 517 g/mol. The number of rotatable bonds is 5. The summed E-state index contributed by atoms with van der Waals surface area (Å²) in [5.74, 6) is -0.491. The molecule has 2 aliphatic rings. The van der Waals surface area contributed by atoms with Crippen LogP contribution in [-0.2, 0) is 25.7 Å². The predicted octanol–water partition coefficient (Wildman–Crippen LogP) is 5.15. The molecule has 0 bridgehead atoms. The van der Waals surface area contributed by atoms with Gasteiger partial charge in [0.1, 0.15) is 23.7 Å². The SMILES string of the molecule is COC(=O)C1=C(N)OC2=C(C(=O)CCC2)[C@@H]1c1ccc(OCc2ccc(Br)cc2)c(Cl)c1. The second-order valence-corrected chi connectivity index (χ2v) is 8.85. The van der Waals surface area contributed by atoms with E-state index in [0.717, 1.165) is 10.0 Å². The molecule has 0 amide bonds. The number of methoxy groups -OCH3 is 1. The van der Waals surface area contributed by atoms with E-state index in [-0.39, 0.29) is 17.2 Å². The first-order valence-electron chi connectivity index (χ1n) is 10.1. The van der Waals surface area contributed by atoms with Crippen molar-refractivity contribution in [2.45, 2.75) is 31.8 Å². The molecule has 0 spiro atoms. The lowest BCUT2D eigenvalue weighted by atomic mass is 9.77. The number of carbonyl (C=O) groups is 2. The fraction of sp³-hybridized carbons (Fsp3) is 0.250. The van der Waals surface area contributed by atoms with E-state index in [4.69, 9.17) is 31.5 Å². The zero-order valence-corrected chi connectivity index (χ0v) is 19.7. The first-order valence-corrected chi connectivity index (χ1v) is 11.2. The summed E-state index contributed by atoms with van der Waals surface area (Å²) < 4.78 is 17.4. The van der Waals surface area contributed by atoms with Crippen molar-refractivity contribution in [3.8, 4) is 5.75 Å². The maximum absolute atomic E-state index is 12.8. The number of halogens is 2. The molecule has 2 aromatic rings. The van der Waals surface area contributed by atoms with Gasteiger partial charge in [-0.2, -0.15) is 0 Å². The lowest BCUT2D eigenvalue weighted by Crippen LogP contribution is -2.31. The third-order valence-electron chi connectivity index (χ3n) is 5.49. The minimum absolute atomic E-state index is 0.0537. The van der Waals surface area contributed by atoms with Crippen LogP contribution in [-0.4, -0.2) is 18.9 Å². The molecule has 2 N–H and O–H groups in total. The molecule has 8 heteroatoms. The lowest BCUT2D eigenvalue weighted by molar-refractivity contribution is -0.136. The number of hydrogen-bond acceptors (Lipinski definition) is 6. The molecular weight excluding hydrogens is 498 g/mol. The Morgan fingerprint density at radius 2 is 1.97 bits per heavy atom. The molecule has 2 aromatic carbocycles. The van der Waals surface area contributed by atoms with Gasteiger partial charge in [-0.15, -0.1) is 0 Å². The maximum atomic E-state index is 12.8. The molecule has 0 radical (unpaired) electrons. The first kappa shape index (κ1) is 22.4. The lowest BCUT2D eigenvalue weighted by Gasteiger charge is -2.32. The number of allylic oxidation sites excluding steroid dienone is 2. The summed E-state index contributed by atoms with van der Waals surface area (Å²) in [6.07, 6.45) is 1.64. The molecule has 1 aliphatic carbocycles. The number of benzene rings is 2. The second kappa shape index (κ2) is 9.38. The Labute approximate surface area is 199 Å². The van der Waals surface area contributed by atoms with Gasteiger partial charge in [-0.05, 0) is 41.8 Å². The van der Waals surface area contributed by atoms with Gasteiger partial charge in [0.2, 0.25) is 5.88 Å². The largest absolute Gasteiger partial charge is 0.487 e. The van der Waals surface area contributed by atoms with Gasteiger partial charge >= 0.3 is 5.97 Å². The van der Waals surface area contributed by atoms with Crippen LogP contribution in [0.2, 0.25) is 5.02 Å². The molecule has 0 unspecified atom stereocenters. The fourth-order valence-electron chi connectivity index (χ4n) is 3.95. The van der Waals surface area contributed by atoms with Gasteiger partial charge in [-0.1, -0.05) is 45.7 Å². The highest BCUT2D eigenvalue weighted by Gasteiger charge is 2.41. The van der Waals surface area contributed by atoms with E-state index in [2.05, 4.69) is 15.9 Å². The standard InChI is InChI=1S/C24H21BrClNO5/c1-30-24(29)22-20(21-17(28)3-2-4-19(21)32-23(22)27)14-7-10-18(16(26)11-14)31-12-13-5-8-15(25)9-6-13/h5-11,20H,2-4,12,27H2,1H3/t20-/m0/s1. The number of carbonyl (C=O) groups excluding carboxylic acids is 2. The molecule has 1 aliphatic heterocycles. The molecule has 1 heterocycles. The Balaban J connectivity index is 1.67. The smallest absolute Gasteiger partial charge is 0.340 e. The summed E-state index contributed by atoms with van der Waals surface area (Å²) in [4.78, 5) is 25.3. The van der Waals surface area contributed by atoms with Crippen molar-refractivity contribution >= 4 is 39.3 Å². The highest BCUT2D eigenvalue weighted by molar-refractivity contribution is 9.10. The van der Waals surface area contributed by atoms with Crippen LogP contribution >= 0.6 is 27.5 Å². The van der Waals surface area contributed by atoms with Gasteiger partial charge in [0, 0.05) is 22.9 Å². The molecule has 6 nitrogen and oxygen atoms in total. The molecule has 0 aromatic heterocycles. The molecule has 0 saturated heterocycles. The van der Waals surface area contributed by atoms with Gasteiger partial charge in [-0.25, -0.2) is 4.79 Å².